The topological polar surface area (TPSA) is 38.1 Å². The number of oxazole rings is 1. The van der Waals surface area contributed by atoms with Gasteiger partial charge in [-0.1, -0.05) is 13.8 Å². The van der Waals surface area contributed by atoms with Gasteiger partial charge in [0, 0.05) is 12.5 Å². The van der Waals surface area contributed by atoms with E-state index in [-0.39, 0.29) is 0 Å². The molecule has 1 heterocycles. The molecule has 1 rings (SSSR count). The van der Waals surface area contributed by atoms with Crippen LogP contribution in [-0.2, 0) is 6.42 Å². The van der Waals surface area contributed by atoms with Crippen molar-refractivity contribution < 1.29 is 4.42 Å². The van der Waals surface area contributed by atoms with E-state index in [1.807, 2.05) is 7.05 Å². The van der Waals surface area contributed by atoms with Crippen molar-refractivity contribution in [2.24, 2.45) is 5.92 Å². The number of aromatic nitrogens is 1. The van der Waals surface area contributed by atoms with Crippen LogP contribution in [0.3, 0.4) is 0 Å². The first-order chi connectivity index (χ1) is 6.22. The predicted molar refractivity (Wildman–Crippen MR) is 52.5 cm³/mol. The largest absolute Gasteiger partial charge is 0.449 e. The number of hydrogen-bond donors (Lipinski definition) is 1. The zero-order valence-electron chi connectivity index (χ0n) is 8.58. The molecule has 0 aliphatic rings. The first-order valence-corrected chi connectivity index (χ1v) is 4.78. The van der Waals surface area contributed by atoms with Gasteiger partial charge in [0.25, 0.3) is 0 Å². The Morgan fingerprint density at radius 3 is 2.77 bits per heavy atom. The summed E-state index contributed by atoms with van der Waals surface area (Å²) in [4.78, 5) is 4.10. The zero-order chi connectivity index (χ0) is 9.68. The summed E-state index contributed by atoms with van der Waals surface area (Å²) < 4.78 is 5.20. The molecule has 3 nitrogen and oxygen atoms in total. The van der Waals surface area contributed by atoms with Crippen molar-refractivity contribution in [2.75, 3.05) is 7.05 Å². The average molecular weight is 182 g/mol. The van der Waals surface area contributed by atoms with Gasteiger partial charge in [-0.25, -0.2) is 4.98 Å². The summed E-state index contributed by atoms with van der Waals surface area (Å²) in [7, 11) is 1.98. The molecule has 0 radical (unpaired) electrons. The van der Waals surface area contributed by atoms with E-state index in [4.69, 9.17) is 4.42 Å². The van der Waals surface area contributed by atoms with Crippen molar-refractivity contribution in [2.45, 2.75) is 32.7 Å². The Hall–Kier alpha value is -0.830. The Balaban J connectivity index is 2.40. The van der Waals surface area contributed by atoms with E-state index >= 15 is 0 Å². The summed E-state index contributed by atoms with van der Waals surface area (Å²) in [5.74, 6) is 1.52. The van der Waals surface area contributed by atoms with E-state index in [2.05, 4.69) is 24.1 Å². The summed E-state index contributed by atoms with van der Waals surface area (Å²) in [5.41, 5.74) is 0. The highest BCUT2D eigenvalue weighted by Crippen LogP contribution is 2.09. The normalized spacial score (nSPS) is 13.5. The van der Waals surface area contributed by atoms with E-state index in [9.17, 15) is 0 Å². The molecule has 0 saturated carbocycles. The van der Waals surface area contributed by atoms with Gasteiger partial charge in [-0.15, -0.1) is 0 Å². The fourth-order valence-corrected chi connectivity index (χ4v) is 1.44. The molecule has 3 heteroatoms. The van der Waals surface area contributed by atoms with Crippen molar-refractivity contribution in [1.29, 1.82) is 0 Å². The number of likely N-dealkylation sites (N-methyl/N-ethyl adjacent to an activating group) is 1. The molecule has 1 unspecified atom stereocenters. The van der Waals surface area contributed by atoms with Gasteiger partial charge < -0.3 is 9.73 Å². The lowest BCUT2D eigenvalue weighted by Gasteiger charge is -2.16. The molecule has 0 aliphatic carbocycles. The van der Waals surface area contributed by atoms with Gasteiger partial charge in [0.15, 0.2) is 5.89 Å². The van der Waals surface area contributed by atoms with Crippen molar-refractivity contribution in [3.05, 3.63) is 18.4 Å². The van der Waals surface area contributed by atoms with E-state index in [0.717, 1.165) is 18.7 Å². The average Bonchev–Trinajstić information content (AvgIpc) is 2.55. The van der Waals surface area contributed by atoms with Crippen LogP contribution in [0, 0.1) is 5.92 Å². The molecular weight excluding hydrogens is 164 g/mol. The van der Waals surface area contributed by atoms with Crippen molar-refractivity contribution in [3.63, 3.8) is 0 Å². The fourth-order valence-electron chi connectivity index (χ4n) is 1.44. The SMILES string of the molecule is CNC(Cc1ncco1)CC(C)C. The lowest BCUT2D eigenvalue weighted by molar-refractivity contribution is 0.396. The van der Waals surface area contributed by atoms with Crippen LogP contribution in [0.2, 0.25) is 0 Å². The molecule has 1 aromatic rings. The molecule has 0 saturated heterocycles. The monoisotopic (exact) mass is 182 g/mol. The molecule has 1 N–H and O–H groups in total. The van der Waals surface area contributed by atoms with Gasteiger partial charge in [-0.3, -0.25) is 0 Å². The van der Waals surface area contributed by atoms with E-state index in [1.165, 1.54) is 0 Å². The number of rotatable bonds is 5. The van der Waals surface area contributed by atoms with Crippen LogP contribution < -0.4 is 5.32 Å². The van der Waals surface area contributed by atoms with Crippen molar-refractivity contribution in [1.82, 2.24) is 10.3 Å². The van der Waals surface area contributed by atoms with Crippen LogP contribution in [0.5, 0.6) is 0 Å². The van der Waals surface area contributed by atoms with E-state index < -0.39 is 0 Å². The third-order valence-corrected chi connectivity index (χ3v) is 2.07. The van der Waals surface area contributed by atoms with Crippen LogP contribution in [0.4, 0.5) is 0 Å². The lowest BCUT2D eigenvalue weighted by atomic mass is 10.0. The van der Waals surface area contributed by atoms with Crippen LogP contribution in [0.25, 0.3) is 0 Å². The van der Waals surface area contributed by atoms with E-state index in [1.54, 1.807) is 12.5 Å². The van der Waals surface area contributed by atoms with Gasteiger partial charge in [-0.2, -0.15) is 0 Å². The molecule has 0 bridgehead atoms. The second-order valence-corrected chi connectivity index (χ2v) is 3.75. The molecule has 1 aromatic heterocycles. The van der Waals surface area contributed by atoms with Crippen LogP contribution >= 0.6 is 0 Å². The molecular formula is C10H18N2O. The van der Waals surface area contributed by atoms with Gasteiger partial charge in [0.2, 0.25) is 0 Å². The molecule has 0 spiro atoms. The maximum atomic E-state index is 5.20. The second-order valence-electron chi connectivity index (χ2n) is 3.75. The summed E-state index contributed by atoms with van der Waals surface area (Å²) >= 11 is 0. The van der Waals surface area contributed by atoms with Crippen LogP contribution in [0.15, 0.2) is 16.9 Å². The number of nitrogens with zero attached hydrogens (tertiary/aromatic N) is 1. The fraction of sp³-hybridized carbons (Fsp3) is 0.700. The second kappa shape index (κ2) is 5.02. The van der Waals surface area contributed by atoms with Crippen LogP contribution in [0.1, 0.15) is 26.2 Å². The molecule has 13 heavy (non-hydrogen) atoms. The Kier molecular flexibility index (Phi) is 3.96. The Morgan fingerprint density at radius 2 is 2.31 bits per heavy atom. The zero-order valence-corrected chi connectivity index (χ0v) is 8.58. The highest BCUT2D eigenvalue weighted by atomic mass is 16.3. The van der Waals surface area contributed by atoms with Gasteiger partial charge in [0.1, 0.15) is 6.26 Å². The molecule has 74 valence electrons. The maximum Gasteiger partial charge on any atom is 0.195 e. The molecule has 1 atom stereocenters. The summed E-state index contributed by atoms with van der Waals surface area (Å²) in [5, 5.41) is 3.27. The van der Waals surface area contributed by atoms with Crippen molar-refractivity contribution >= 4 is 0 Å². The van der Waals surface area contributed by atoms with Crippen LogP contribution in [-0.4, -0.2) is 18.1 Å². The third-order valence-electron chi connectivity index (χ3n) is 2.07. The molecule has 0 fully saturated rings. The first-order valence-electron chi connectivity index (χ1n) is 4.78. The summed E-state index contributed by atoms with van der Waals surface area (Å²) in [6.07, 6.45) is 5.34. The summed E-state index contributed by atoms with van der Waals surface area (Å²) in [6, 6.07) is 0.471. The smallest absolute Gasteiger partial charge is 0.195 e. The minimum Gasteiger partial charge on any atom is -0.449 e. The van der Waals surface area contributed by atoms with Gasteiger partial charge in [-0.05, 0) is 19.4 Å². The third kappa shape index (κ3) is 3.59. The summed E-state index contributed by atoms with van der Waals surface area (Å²) in [6.45, 7) is 4.44. The van der Waals surface area contributed by atoms with Gasteiger partial charge in [0.05, 0.1) is 6.20 Å². The van der Waals surface area contributed by atoms with Gasteiger partial charge >= 0.3 is 0 Å². The maximum absolute atomic E-state index is 5.20. The van der Waals surface area contributed by atoms with Crippen molar-refractivity contribution in [3.8, 4) is 0 Å². The minimum absolute atomic E-state index is 0.471. The Morgan fingerprint density at radius 1 is 1.54 bits per heavy atom. The predicted octanol–water partition coefficient (Wildman–Crippen LogP) is 1.85. The molecule has 0 amide bonds. The quantitative estimate of drug-likeness (QED) is 0.755. The standard InChI is InChI=1S/C10H18N2O/c1-8(2)6-9(11-3)7-10-12-4-5-13-10/h4-5,8-9,11H,6-7H2,1-3H3. The Bertz CT molecular complexity index is 219. The molecule has 0 aromatic carbocycles. The highest BCUT2D eigenvalue weighted by molar-refractivity contribution is 4.85. The number of nitrogens with one attached hydrogen (secondary N) is 1. The Labute approximate surface area is 79.5 Å². The highest BCUT2D eigenvalue weighted by Gasteiger charge is 2.11. The first kappa shape index (κ1) is 10.3. The lowest BCUT2D eigenvalue weighted by Crippen LogP contribution is -2.29. The molecule has 0 aliphatic heterocycles. The van der Waals surface area contributed by atoms with E-state index in [0.29, 0.717) is 12.0 Å². The number of hydrogen-bond acceptors (Lipinski definition) is 3. The minimum atomic E-state index is 0.471.